The quantitative estimate of drug-likeness (QED) is 0.688. The van der Waals surface area contributed by atoms with Gasteiger partial charge in [-0.1, -0.05) is 67.9 Å². The van der Waals surface area contributed by atoms with Crippen LogP contribution in [0.2, 0.25) is 0 Å². The molecule has 0 aromatic heterocycles. The van der Waals surface area contributed by atoms with E-state index < -0.39 is 12.3 Å². The third kappa shape index (κ3) is 4.60. The fourth-order valence-electron chi connectivity index (χ4n) is 2.33. The average molecular weight is 308 g/mol. The van der Waals surface area contributed by atoms with Crippen molar-refractivity contribution in [2.45, 2.75) is 38.7 Å². The lowest BCUT2D eigenvalue weighted by Crippen LogP contribution is -2.23. The Morgan fingerprint density at radius 1 is 0.955 bits per heavy atom. The number of halogens is 3. The van der Waals surface area contributed by atoms with Gasteiger partial charge in [0.25, 0.3) is 0 Å². The normalized spacial score (nSPS) is 13.1. The predicted molar refractivity (Wildman–Crippen MR) is 80.5 cm³/mol. The van der Waals surface area contributed by atoms with E-state index >= 15 is 0 Å². The molecule has 0 radical (unpaired) electrons. The lowest BCUT2D eigenvalue weighted by molar-refractivity contribution is -0.227. The third-order valence-corrected chi connectivity index (χ3v) is 3.35. The van der Waals surface area contributed by atoms with Crippen molar-refractivity contribution in [2.75, 3.05) is 0 Å². The number of benzene rings is 2. The van der Waals surface area contributed by atoms with Crippen LogP contribution in [0.3, 0.4) is 0 Å². The zero-order valence-electron chi connectivity index (χ0n) is 12.4. The van der Waals surface area contributed by atoms with Gasteiger partial charge >= 0.3 is 6.18 Å². The molecule has 0 spiro atoms. The van der Waals surface area contributed by atoms with Crippen molar-refractivity contribution < 1.29 is 17.9 Å². The second-order valence-corrected chi connectivity index (χ2v) is 5.21. The molecule has 0 bridgehead atoms. The molecule has 0 aliphatic rings. The molecule has 0 saturated heterocycles. The molecule has 0 fully saturated rings. The highest BCUT2D eigenvalue weighted by molar-refractivity contribution is 5.26. The van der Waals surface area contributed by atoms with Gasteiger partial charge in [-0.15, -0.1) is 0 Å². The van der Waals surface area contributed by atoms with Crippen molar-refractivity contribution in [3.8, 4) is 0 Å². The van der Waals surface area contributed by atoms with Crippen LogP contribution in [0.15, 0.2) is 54.6 Å². The molecule has 1 nitrogen and oxygen atoms in total. The van der Waals surface area contributed by atoms with Gasteiger partial charge in [0.2, 0.25) is 0 Å². The van der Waals surface area contributed by atoms with Gasteiger partial charge < -0.3 is 4.74 Å². The molecule has 22 heavy (non-hydrogen) atoms. The summed E-state index contributed by atoms with van der Waals surface area (Å²) >= 11 is 0. The van der Waals surface area contributed by atoms with Crippen LogP contribution in [0, 0.1) is 0 Å². The van der Waals surface area contributed by atoms with Gasteiger partial charge in [0.1, 0.15) is 0 Å². The monoisotopic (exact) mass is 308 g/mol. The third-order valence-electron chi connectivity index (χ3n) is 3.35. The summed E-state index contributed by atoms with van der Waals surface area (Å²) in [5, 5.41) is 0. The second kappa shape index (κ2) is 7.45. The largest absolute Gasteiger partial charge is 0.418 e. The Morgan fingerprint density at radius 3 is 2.27 bits per heavy atom. The van der Waals surface area contributed by atoms with Gasteiger partial charge in [-0.3, -0.25) is 0 Å². The van der Waals surface area contributed by atoms with Gasteiger partial charge in [0, 0.05) is 0 Å². The van der Waals surface area contributed by atoms with Crippen LogP contribution in [-0.4, -0.2) is 6.18 Å². The van der Waals surface area contributed by atoms with Crippen LogP contribution >= 0.6 is 0 Å². The molecular weight excluding hydrogens is 289 g/mol. The average Bonchev–Trinajstić information content (AvgIpc) is 2.48. The summed E-state index contributed by atoms with van der Waals surface area (Å²) in [4.78, 5) is 0. The van der Waals surface area contributed by atoms with Crippen molar-refractivity contribution >= 4 is 0 Å². The Labute approximate surface area is 128 Å². The molecule has 0 heterocycles. The van der Waals surface area contributed by atoms with Crippen LogP contribution in [-0.2, 0) is 17.8 Å². The standard InChI is InChI=1S/C18H19F3O/c1-2-7-14-10-6-11-16(12-14)17(18(19,20)21)22-13-15-8-4-3-5-9-15/h3-6,8-12,17H,2,7,13H2,1H3. The summed E-state index contributed by atoms with van der Waals surface area (Å²) in [7, 11) is 0. The molecule has 118 valence electrons. The number of rotatable bonds is 6. The van der Waals surface area contributed by atoms with E-state index in [4.69, 9.17) is 4.74 Å². The lowest BCUT2D eigenvalue weighted by Gasteiger charge is -2.22. The molecule has 2 rings (SSSR count). The molecule has 2 aromatic carbocycles. The van der Waals surface area contributed by atoms with Crippen molar-refractivity contribution in [3.63, 3.8) is 0 Å². The van der Waals surface area contributed by atoms with E-state index in [0.29, 0.717) is 0 Å². The Balaban J connectivity index is 2.17. The van der Waals surface area contributed by atoms with Crippen LogP contribution in [0.1, 0.15) is 36.1 Å². The number of hydrogen-bond donors (Lipinski definition) is 0. The topological polar surface area (TPSA) is 9.23 Å². The molecule has 1 unspecified atom stereocenters. The summed E-state index contributed by atoms with van der Waals surface area (Å²) in [6.45, 7) is 1.93. The van der Waals surface area contributed by atoms with Gasteiger partial charge in [-0.2, -0.15) is 13.2 Å². The highest BCUT2D eigenvalue weighted by Crippen LogP contribution is 2.36. The van der Waals surface area contributed by atoms with E-state index in [9.17, 15) is 13.2 Å². The Bertz CT molecular complexity index is 578. The van der Waals surface area contributed by atoms with Gasteiger partial charge in [-0.25, -0.2) is 0 Å². The van der Waals surface area contributed by atoms with E-state index in [1.54, 1.807) is 36.4 Å². The molecule has 2 aromatic rings. The summed E-state index contributed by atoms with van der Waals surface area (Å²) in [6, 6.07) is 15.4. The molecule has 0 amide bonds. The summed E-state index contributed by atoms with van der Waals surface area (Å²) in [6.07, 6.45) is -4.67. The van der Waals surface area contributed by atoms with Crippen LogP contribution < -0.4 is 0 Å². The van der Waals surface area contributed by atoms with E-state index in [1.807, 2.05) is 19.1 Å². The minimum Gasteiger partial charge on any atom is -0.359 e. The minimum absolute atomic E-state index is 0.0664. The maximum Gasteiger partial charge on any atom is 0.418 e. The van der Waals surface area contributed by atoms with Crippen LogP contribution in [0.4, 0.5) is 13.2 Å². The maximum absolute atomic E-state index is 13.3. The van der Waals surface area contributed by atoms with Gasteiger partial charge in [-0.05, 0) is 23.1 Å². The second-order valence-electron chi connectivity index (χ2n) is 5.21. The lowest BCUT2D eigenvalue weighted by atomic mass is 10.0. The Kier molecular flexibility index (Phi) is 5.61. The first-order valence-corrected chi connectivity index (χ1v) is 7.31. The highest BCUT2D eigenvalue weighted by Gasteiger charge is 2.41. The molecule has 0 N–H and O–H groups in total. The fourth-order valence-corrected chi connectivity index (χ4v) is 2.33. The summed E-state index contributed by atoms with van der Waals surface area (Å²) in [5.41, 5.74) is 1.79. The molecule has 4 heteroatoms. The smallest absolute Gasteiger partial charge is 0.359 e. The number of alkyl halides is 3. The predicted octanol–water partition coefficient (Wildman–Crippen LogP) is 5.46. The number of hydrogen-bond acceptors (Lipinski definition) is 1. The van der Waals surface area contributed by atoms with E-state index in [1.165, 1.54) is 6.07 Å². The molecule has 1 atom stereocenters. The first-order valence-electron chi connectivity index (χ1n) is 7.31. The van der Waals surface area contributed by atoms with E-state index in [-0.39, 0.29) is 12.2 Å². The first-order chi connectivity index (χ1) is 10.5. The zero-order valence-corrected chi connectivity index (χ0v) is 12.4. The van der Waals surface area contributed by atoms with Crippen molar-refractivity contribution in [3.05, 3.63) is 71.3 Å². The van der Waals surface area contributed by atoms with E-state index in [0.717, 1.165) is 24.0 Å². The van der Waals surface area contributed by atoms with Crippen molar-refractivity contribution in [1.82, 2.24) is 0 Å². The SMILES string of the molecule is CCCc1cccc(C(OCc2ccccc2)C(F)(F)F)c1. The van der Waals surface area contributed by atoms with Crippen LogP contribution in [0.5, 0.6) is 0 Å². The molecular formula is C18H19F3O. The first kappa shape index (κ1) is 16.6. The van der Waals surface area contributed by atoms with Crippen LogP contribution in [0.25, 0.3) is 0 Å². The Morgan fingerprint density at radius 2 is 1.64 bits per heavy atom. The number of ether oxygens (including phenoxy) is 1. The van der Waals surface area contributed by atoms with Crippen molar-refractivity contribution in [1.29, 1.82) is 0 Å². The fraction of sp³-hybridized carbons (Fsp3) is 0.333. The van der Waals surface area contributed by atoms with Gasteiger partial charge in [0.05, 0.1) is 6.61 Å². The summed E-state index contributed by atoms with van der Waals surface area (Å²) in [5.74, 6) is 0. The maximum atomic E-state index is 13.3. The van der Waals surface area contributed by atoms with Gasteiger partial charge in [0.15, 0.2) is 6.10 Å². The Hall–Kier alpha value is -1.81. The van der Waals surface area contributed by atoms with E-state index in [2.05, 4.69) is 0 Å². The summed E-state index contributed by atoms with van der Waals surface area (Å²) < 4.78 is 45.1. The van der Waals surface area contributed by atoms with Crippen molar-refractivity contribution in [2.24, 2.45) is 0 Å². The minimum atomic E-state index is -4.43. The zero-order chi connectivity index (χ0) is 16.0. The molecule has 0 saturated carbocycles. The number of aryl methyl sites for hydroxylation is 1. The molecule has 0 aliphatic heterocycles. The highest BCUT2D eigenvalue weighted by atomic mass is 19.4. The molecule has 0 aliphatic carbocycles.